The molecule has 0 spiro atoms. The number of urea groups is 1. The number of carbonyl (C=O) groups is 2. The number of hydrogen-bond acceptors (Lipinski definition) is 2. The second kappa shape index (κ2) is 8.56. The minimum absolute atomic E-state index is 0.0753. The van der Waals surface area contributed by atoms with Gasteiger partial charge in [0.05, 0.1) is 6.04 Å². The molecule has 0 radical (unpaired) electrons. The summed E-state index contributed by atoms with van der Waals surface area (Å²) in [5.74, 6) is -2.54. The Labute approximate surface area is 166 Å². The lowest BCUT2D eigenvalue weighted by molar-refractivity contribution is -0.123. The first-order valence-corrected chi connectivity index (χ1v) is 9.32. The predicted octanol–water partition coefficient (Wildman–Crippen LogP) is 3.97. The molecule has 1 aliphatic rings. The Morgan fingerprint density at radius 2 is 1.86 bits per heavy atom. The van der Waals surface area contributed by atoms with Crippen LogP contribution in [0.1, 0.15) is 30.4 Å². The second-order valence-electron chi connectivity index (χ2n) is 6.65. The Morgan fingerprint density at radius 1 is 1.21 bits per heavy atom. The lowest BCUT2D eigenvalue weighted by Crippen LogP contribution is -2.53. The van der Waals surface area contributed by atoms with Crippen molar-refractivity contribution < 1.29 is 18.4 Å². The lowest BCUT2D eigenvalue weighted by Gasteiger charge is -2.33. The molecule has 2 unspecified atom stereocenters. The summed E-state index contributed by atoms with van der Waals surface area (Å²) in [5, 5.41) is 8.50. The molecule has 148 valence electrons. The Hall–Kier alpha value is -2.67. The number of nitrogens with one attached hydrogen (secondary N) is 3. The van der Waals surface area contributed by atoms with E-state index in [2.05, 4.69) is 16.0 Å². The fourth-order valence-corrected chi connectivity index (χ4v) is 3.42. The van der Waals surface area contributed by atoms with Crippen molar-refractivity contribution in [2.75, 3.05) is 11.9 Å². The number of anilines is 1. The molecule has 0 saturated carbocycles. The first-order chi connectivity index (χ1) is 13.4. The van der Waals surface area contributed by atoms with Gasteiger partial charge in [-0.25, -0.2) is 13.6 Å². The predicted molar refractivity (Wildman–Crippen MR) is 103 cm³/mol. The van der Waals surface area contributed by atoms with Gasteiger partial charge in [-0.15, -0.1) is 0 Å². The molecule has 1 saturated heterocycles. The van der Waals surface area contributed by atoms with E-state index in [1.807, 2.05) is 0 Å². The van der Waals surface area contributed by atoms with Crippen LogP contribution in [-0.4, -0.2) is 24.5 Å². The first-order valence-electron chi connectivity index (χ1n) is 8.95. The fourth-order valence-electron chi connectivity index (χ4n) is 3.30. The molecule has 1 heterocycles. The molecule has 0 aliphatic carbocycles. The summed E-state index contributed by atoms with van der Waals surface area (Å²) in [6, 6.07) is 7.85. The molecule has 1 fully saturated rings. The highest BCUT2D eigenvalue weighted by Crippen LogP contribution is 2.31. The topological polar surface area (TPSA) is 70.2 Å². The molecule has 2 aromatic rings. The fraction of sp³-hybridized carbons (Fsp3) is 0.300. The zero-order chi connectivity index (χ0) is 20.3. The summed E-state index contributed by atoms with van der Waals surface area (Å²) in [7, 11) is 0. The highest BCUT2D eigenvalue weighted by atomic mass is 35.5. The van der Waals surface area contributed by atoms with Gasteiger partial charge in [0.15, 0.2) is 0 Å². The molecule has 28 heavy (non-hydrogen) atoms. The van der Waals surface area contributed by atoms with Crippen molar-refractivity contribution in [3.05, 3.63) is 64.2 Å². The van der Waals surface area contributed by atoms with Gasteiger partial charge in [-0.05, 0) is 48.4 Å². The van der Waals surface area contributed by atoms with Crippen molar-refractivity contribution in [1.82, 2.24) is 10.6 Å². The maximum atomic E-state index is 14.6. The van der Waals surface area contributed by atoms with Crippen LogP contribution in [-0.2, 0) is 11.2 Å². The van der Waals surface area contributed by atoms with E-state index in [0.29, 0.717) is 22.7 Å². The number of hydrogen-bond donors (Lipinski definition) is 3. The van der Waals surface area contributed by atoms with Crippen molar-refractivity contribution in [1.29, 1.82) is 0 Å². The highest BCUT2D eigenvalue weighted by Gasteiger charge is 2.35. The molecule has 1 aliphatic heterocycles. The molecule has 2 aromatic carbocycles. The van der Waals surface area contributed by atoms with E-state index >= 15 is 0 Å². The molecular weight excluding hydrogens is 388 g/mol. The second-order valence-corrected chi connectivity index (χ2v) is 7.09. The minimum atomic E-state index is -0.810. The van der Waals surface area contributed by atoms with E-state index in [1.165, 1.54) is 12.1 Å². The standard InChI is InChI=1S/C20H20ClF2N3O2/c1-2-11-7-15(22)19(16(23)8-11)14-9-18(27)24-10-17(14)26-20(28)25-13-5-3-12(21)4-6-13/h3-8,14,17H,2,9-10H2,1H3,(H,24,27)(H2,25,26,28). The van der Waals surface area contributed by atoms with Crippen LogP contribution in [0.2, 0.25) is 5.02 Å². The highest BCUT2D eigenvalue weighted by molar-refractivity contribution is 6.30. The number of benzene rings is 2. The maximum Gasteiger partial charge on any atom is 0.319 e. The normalized spacial score (nSPS) is 19.1. The number of carbonyl (C=O) groups excluding carboxylic acids is 2. The number of amides is 3. The summed E-state index contributed by atoms with van der Waals surface area (Å²) < 4.78 is 29.2. The summed E-state index contributed by atoms with van der Waals surface area (Å²) >= 11 is 5.82. The SMILES string of the molecule is CCc1cc(F)c(C2CC(=O)NCC2NC(=O)Nc2ccc(Cl)cc2)c(F)c1. The lowest BCUT2D eigenvalue weighted by atomic mass is 9.84. The average Bonchev–Trinajstić information content (AvgIpc) is 2.65. The van der Waals surface area contributed by atoms with Crippen LogP contribution in [0.3, 0.4) is 0 Å². The van der Waals surface area contributed by atoms with Gasteiger partial charge >= 0.3 is 6.03 Å². The van der Waals surface area contributed by atoms with Gasteiger partial charge in [0.25, 0.3) is 0 Å². The van der Waals surface area contributed by atoms with E-state index in [1.54, 1.807) is 31.2 Å². The van der Waals surface area contributed by atoms with E-state index in [-0.39, 0.29) is 24.4 Å². The van der Waals surface area contributed by atoms with Crippen LogP contribution in [0.4, 0.5) is 19.3 Å². The maximum absolute atomic E-state index is 14.6. The summed E-state index contributed by atoms with van der Waals surface area (Å²) in [6.45, 7) is 1.87. The van der Waals surface area contributed by atoms with Crippen molar-refractivity contribution in [2.45, 2.75) is 31.7 Å². The molecule has 3 rings (SSSR count). The number of rotatable bonds is 4. The van der Waals surface area contributed by atoms with Crippen LogP contribution < -0.4 is 16.0 Å². The Balaban J connectivity index is 1.80. The Morgan fingerprint density at radius 3 is 2.46 bits per heavy atom. The smallest absolute Gasteiger partial charge is 0.319 e. The zero-order valence-corrected chi connectivity index (χ0v) is 15.9. The average molecular weight is 408 g/mol. The molecule has 0 aromatic heterocycles. The third-order valence-corrected chi connectivity index (χ3v) is 5.00. The van der Waals surface area contributed by atoms with Gasteiger partial charge in [0.2, 0.25) is 5.91 Å². The van der Waals surface area contributed by atoms with Crippen LogP contribution in [0.15, 0.2) is 36.4 Å². The Kier molecular flexibility index (Phi) is 6.14. The van der Waals surface area contributed by atoms with Gasteiger partial charge in [0, 0.05) is 35.2 Å². The minimum Gasteiger partial charge on any atom is -0.354 e. The number of halogens is 3. The van der Waals surface area contributed by atoms with Crippen LogP contribution >= 0.6 is 11.6 Å². The zero-order valence-electron chi connectivity index (χ0n) is 15.2. The van der Waals surface area contributed by atoms with Crippen molar-refractivity contribution in [3.63, 3.8) is 0 Å². The van der Waals surface area contributed by atoms with Crippen LogP contribution in [0.5, 0.6) is 0 Å². The van der Waals surface area contributed by atoms with Gasteiger partial charge in [-0.3, -0.25) is 4.79 Å². The van der Waals surface area contributed by atoms with Crippen LogP contribution in [0.25, 0.3) is 0 Å². The van der Waals surface area contributed by atoms with Gasteiger partial charge in [-0.2, -0.15) is 0 Å². The molecule has 5 nitrogen and oxygen atoms in total. The molecule has 2 atom stereocenters. The monoisotopic (exact) mass is 407 g/mol. The number of piperidine rings is 1. The number of aryl methyl sites for hydroxylation is 1. The van der Waals surface area contributed by atoms with E-state index in [4.69, 9.17) is 11.6 Å². The molecular formula is C20H20ClF2N3O2. The third kappa shape index (κ3) is 4.59. The summed E-state index contributed by atoms with van der Waals surface area (Å²) in [6.07, 6.45) is 0.371. The molecule has 8 heteroatoms. The van der Waals surface area contributed by atoms with Gasteiger partial charge in [-0.1, -0.05) is 18.5 Å². The van der Waals surface area contributed by atoms with Crippen molar-refractivity contribution in [2.24, 2.45) is 0 Å². The van der Waals surface area contributed by atoms with Crippen molar-refractivity contribution >= 4 is 29.2 Å². The van der Waals surface area contributed by atoms with E-state index in [9.17, 15) is 18.4 Å². The quantitative estimate of drug-likeness (QED) is 0.717. The molecule has 0 bridgehead atoms. The first kappa shape index (κ1) is 20.1. The van der Waals surface area contributed by atoms with Gasteiger partial charge in [0.1, 0.15) is 11.6 Å². The molecule has 3 N–H and O–H groups in total. The Bertz CT molecular complexity index is 867. The molecule has 3 amide bonds. The summed E-state index contributed by atoms with van der Waals surface area (Å²) in [5.41, 5.74) is 0.871. The van der Waals surface area contributed by atoms with E-state index in [0.717, 1.165) is 0 Å². The van der Waals surface area contributed by atoms with Crippen LogP contribution in [0, 0.1) is 11.6 Å². The van der Waals surface area contributed by atoms with E-state index < -0.39 is 29.6 Å². The van der Waals surface area contributed by atoms with Crippen molar-refractivity contribution in [3.8, 4) is 0 Å². The summed E-state index contributed by atoms with van der Waals surface area (Å²) in [4.78, 5) is 24.2. The van der Waals surface area contributed by atoms with Gasteiger partial charge < -0.3 is 16.0 Å². The third-order valence-electron chi connectivity index (χ3n) is 4.75. The largest absolute Gasteiger partial charge is 0.354 e.